The molecule has 2 heterocycles. The maximum atomic E-state index is 12.3. The number of thiazole rings is 1. The third-order valence-electron chi connectivity index (χ3n) is 3.58. The lowest BCUT2D eigenvalue weighted by atomic mass is 10.2. The van der Waals surface area contributed by atoms with Gasteiger partial charge in [0.25, 0.3) is 0 Å². The number of amides is 1. The number of nitro groups is 1. The SMILES string of the molecule is C#CCn1c(=NC(=O)c2ccc([N+](=O)[O-])o2)sc2cc(CC)ccc21. The Kier molecular flexibility index (Phi) is 4.50. The Morgan fingerprint density at radius 3 is 2.88 bits per heavy atom. The van der Waals surface area contributed by atoms with E-state index in [0.717, 1.165) is 22.7 Å². The van der Waals surface area contributed by atoms with E-state index in [4.69, 9.17) is 10.8 Å². The third kappa shape index (κ3) is 3.22. The number of aromatic nitrogens is 1. The summed E-state index contributed by atoms with van der Waals surface area (Å²) in [5.41, 5.74) is 2.05. The number of furan rings is 1. The van der Waals surface area contributed by atoms with E-state index in [1.807, 2.05) is 18.2 Å². The van der Waals surface area contributed by atoms with Gasteiger partial charge in [0.05, 0.1) is 22.8 Å². The molecule has 1 aromatic carbocycles. The minimum absolute atomic E-state index is 0.189. The highest BCUT2D eigenvalue weighted by atomic mass is 32.1. The molecule has 0 unspecified atom stereocenters. The van der Waals surface area contributed by atoms with Gasteiger partial charge in [-0.2, -0.15) is 4.99 Å². The van der Waals surface area contributed by atoms with E-state index in [2.05, 4.69) is 17.8 Å². The summed E-state index contributed by atoms with van der Waals surface area (Å²) >= 11 is 1.33. The Hall–Kier alpha value is -3.18. The molecule has 8 heteroatoms. The van der Waals surface area contributed by atoms with Crippen LogP contribution in [-0.2, 0) is 13.0 Å². The fourth-order valence-electron chi connectivity index (χ4n) is 2.35. The summed E-state index contributed by atoms with van der Waals surface area (Å²) in [7, 11) is 0. The van der Waals surface area contributed by atoms with E-state index < -0.39 is 16.7 Å². The molecule has 0 saturated carbocycles. The van der Waals surface area contributed by atoms with Gasteiger partial charge in [-0.15, -0.1) is 6.42 Å². The number of carbonyl (C=O) groups is 1. The molecule has 25 heavy (non-hydrogen) atoms. The Balaban J connectivity index is 2.10. The van der Waals surface area contributed by atoms with Gasteiger partial charge in [-0.25, -0.2) is 0 Å². The van der Waals surface area contributed by atoms with Crippen molar-refractivity contribution in [3.8, 4) is 12.3 Å². The fourth-order valence-corrected chi connectivity index (χ4v) is 3.44. The average Bonchev–Trinajstić information content (AvgIpc) is 3.20. The lowest BCUT2D eigenvalue weighted by Gasteiger charge is -2.00. The Bertz CT molecular complexity index is 1080. The number of terminal acetylenes is 1. The van der Waals surface area contributed by atoms with E-state index in [0.29, 0.717) is 4.80 Å². The first-order chi connectivity index (χ1) is 12.0. The van der Waals surface area contributed by atoms with Crippen molar-refractivity contribution in [2.45, 2.75) is 19.9 Å². The van der Waals surface area contributed by atoms with Crippen molar-refractivity contribution in [3.63, 3.8) is 0 Å². The van der Waals surface area contributed by atoms with Crippen LogP contribution in [-0.4, -0.2) is 15.4 Å². The first kappa shape index (κ1) is 16.7. The summed E-state index contributed by atoms with van der Waals surface area (Å²) in [5, 5.41) is 10.7. The molecule has 0 fully saturated rings. The molecule has 2 aromatic heterocycles. The average molecular weight is 355 g/mol. The van der Waals surface area contributed by atoms with Crippen molar-refractivity contribution < 1.29 is 14.1 Å². The second-order valence-corrected chi connectivity index (χ2v) is 6.15. The zero-order valence-electron chi connectivity index (χ0n) is 13.3. The number of hydrogen-bond donors (Lipinski definition) is 0. The molecule has 0 N–H and O–H groups in total. The largest absolute Gasteiger partial charge is 0.433 e. The Labute approximate surface area is 146 Å². The number of carbonyl (C=O) groups excluding carboxylic acids is 1. The highest BCUT2D eigenvalue weighted by molar-refractivity contribution is 7.16. The second-order valence-electron chi connectivity index (χ2n) is 5.14. The number of rotatable bonds is 4. The van der Waals surface area contributed by atoms with Crippen molar-refractivity contribution >= 4 is 33.3 Å². The molecule has 0 saturated heterocycles. The van der Waals surface area contributed by atoms with E-state index in [1.165, 1.54) is 23.0 Å². The molecular weight excluding hydrogens is 342 g/mol. The van der Waals surface area contributed by atoms with E-state index in [-0.39, 0.29) is 12.3 Å². The first-order valence-corrected chi connectivity index (χ1v) is 8.24. The third-order valence-corrected chi connectivity index (χ3v) is 4.63. The first-order valence-electron chi connectivity index (χ1n) is 7.42. The van der Waals surface area contributed by atoms with Crippen LogP contribution in [0.3, 0.4) is 0 Å². The summed E-state index contributed by atoms with van der Waals surface area (Å²) in [5.74, 6) is 1.17. The van der Waals surface area contributed by atoms with Gasteiger partial charge >= 0.3 is 11.8 Å². The quantitative estimate of drug-likeness (QED) is 0.408. The van der Waals surface area contributed by atoms with Gasteiger partial charge in [0.15, 0.2) is 4.80 Å². The van der Waals surface area contributed by atoms with Crippen LogP contribution in [0.1, 0.15) is 23.0 Å². The monoisotopic (exact) mass is 355 g/mol. The lowest BCUT2D eigenvalue weighted by molar-refractivity contribution is -0.402. The van der Waals surface area contributed by atoms with Crippen LogP contribution in [0.5, 0.6) is 0 Å². The maximum Gasteiger partial charge on any atom is 0.433 e. The summed E-state index contributed by atoms with van der Waals surface area (Å²) in [4.78, 5) is 26.7. The molecule has 0 spiro atoms. The zero-order chi connectivity index (χ0) is 18.0. The molecule has 0 aliphatic carbocycles. The van der Waals surface area contributed by atoms with Crippen molar-refractivity contribution in [2.24, 2.45) is 4.99 Å². The number of nitrogens with zero attached hydrogens (tertiary/aromatic N) is 3. The summed E-state index contributed by atoms with van der Waals surface area (Å²) in [6.07, 6.45) is 6.32. The molecule has 0 aliphatic heterocycles. The zero-order valence-corrected chi connectivity index (χ0v) is 14.1. The van der Waals surface area contributed by atoms with Crippen molar-refractivity contribution in [2.75, 3.05) is 0 Å². The van der Waals surface area contributed by atoms with Crippen LogP contribution >= 0.6 is 11.3 Å². The smallest absolute Gasteiger partial charge is 0.395 e. The second kappa shape index (κ2) is 6.75. The molecule has 126 valence electrons. The maximum absolute atomic E-state index is 12.3. The van der Waals surface area contributed by atoms with Gasteiger partial charge in [0, 0.05) is 0 Å². The van der Waals surface area contributed by atoms with Crippen LogP contribution in [0.4, 0.5) is 5.88 Å². The highest BCUT2D eigenvalue weighted by Gasteiger charge is 2.17. The van der Waals surface area contributed by atoms with Gasteiger partial charge in [0.2, 0.25) is 5.76 Å². The molecule has 0 bridgehead atoms. The summed E-state index contributed by atoms with van der Waals surface area (Å²) in [6.45, 7) is 2.32. The lowest BCUT2D eigenvalue weighted by Crippen LogP contribution is -2.16. The normalized spacial score (nSPS) is 11.6. The number of hydrogen-bond acceptors (Lipinski definition) is 5. The van der Waals surface area contributed by atoms with Gasteiger partial charge in [-0.3, -0.25) is 14.9 Å². The van der Waals surface area contributed by atoms with E-state index in [9.17, 15) is 14.9 Å². The van der Waals surface area contributed by atoms with Crippen LogP contribution in [0, 0.1) is 22.5 Å². The van der Waals surface area contributed by atoms with Gasteiger partial charge in [-0.05, 0) is 30.2 Å². The standard InChI is InChI=1S/C17H13N3O4S/c1-3-9-19-12-6-5-11(4-2)10-14(12)25-17(19)18-16(21)13-7-8-15(24-13)20(22)23/h1,5-8,10H,4,9H2,2H3. The minimum atomic E-state index is -0.707. The summed E-state index contributed by atoms with van der Waals surface area (Å²) in [6, 6.07) is 8.34. The molecular formula is C17H13N3O4S. The summed E-state index contributed by atoms with van der Waals surface area (Å²) < 4.78 is 7.63. The predicted molar refractivity (Wildman–Crippen MR) is 93.3 cm³/mol. The molecule has 0 aliphatic rings. The van der Waals surface area contributed by atoms with Crippen LogP contribution < -0.4 is 4.80 Å². The van der Waals surface area contributed by atoms with Crippen LogP contribution in [0.2, 0.25) is 0 Å². The van der Waals surface area contributed by atoms with Crippen molar-refractivity contribution in [1.82, 2.24) is 4.57 Å². The molecule has 3 aromatic rings. The molecule has 1 amide bonds. The Morgan fingerprint density at radius 2 is 2.24 bits per heavy atom. The highest BCUT2D eigenvalue weighted by Crippen LogP contribution is 2.20. The number of fused-ring (bicyclic) bond motifs is 1. The Morgan fingerprint density at radius 1 is 1.44 bits per heavy atom. The molecule has 0 atom stereocenters. The fraction of sp³-hybridized carbons (Fsp3) is 0.176. The predicted octanol–water partition coefficient (Wildman–Crippen LogP) is 3.14. The topological polar surface area (TPSA) is 90.6 Å². The minimum Gasteiger partial charge on any atom is -0.395 e. The molecule has 3 rings (SSSR count). The van der Waals surface area contributed by atoms with E-state index in [1.54, 1.807) is 4.57 Å². The number of benzene rings is 1. The van der Waals surface area contributed by atoms with Gasteiger partial charge in [-0.1, -0.05) is 30.2 Å². The molecule has 7 nitrogen and oxygen atoms in total. The van der Waals surface area contributed by atoms with Crippen LogP contribution in [0.25, 0.3) is 10.2 Å². The van der Waals surface area contributed by atoms with Gasteiger partial charge < -0.3 is 8.98 Å². The van der Waals surface area contributed by atoms with Crippen molar-refractivity contribution in [1.29, 1.82) is 0 Å². The van der Waals surface area contributed by atoms with Crippen LogP contribution in [0.15, 0.2) is 39.7 Å². The van der Waals surface area contributed by atoms with Gasteiger partial charge in [0.1, 0.15) is 4.92 Å². The molecule has 0 radical (unpaired) electrons. The number of aryl methyl sites for hydroxylation is 1. The van der Waals surface area contributed by atoms with E-state index >= 15 is 0 Å². The van der Waals surface area contributed by atoms with Crippen molar-refractivity contribution in [3.05, 3.63) is 56.6 Å².